The Labute approximate surface area is 654 Å². The number of carbonyl (C=O) groups is 3. The number of hydrogen-bond acceptors (Lipinski definition) is 20. The number of benzene rings is 6. The second-order valence-corrected chi connectivity index (χ2v) is 30.8. The van der Waals surface area contributed by atoms with Gasteiger partial charge < -0.3 is 62.5 Å². The van der Waals surface area contributed by atoms with Crippen molar-refractivity contribution in [2.75, 3.05) is 40.1 Å². The Morgan fingerprint density at radius 3 is 1.69 bits per heavy atom. The average molecular weight is 1550 g/mol. The van der Waals surface area contributed by atoms with Crippen molar-refractivity contribution in [3.05, 3.63) is 207 Å². The lowest BCUT2D eigenvalue weighted by Gasteiger charge is -2.47. The van der Waals surface area contributed by atoms with Gasteiger partial charge in [0.25, 0.3) is 0 Å². The summed E-state index contributed by atoms with van der Waals surface area (Å²) in [5.74, 6) is -0.982. The maximum absolute atomic E-state index is 15.6. The van der Waals surface area contributed by atoms with Crippen molar-refractivity contribution in [2.24, 2.45) is 5.11 Å². The Balaban J connectivity index is 0.979. The van der Waals surface area contributed by atoms with Crippen molar-refractivity contribution < 1.29 is 89.7 Å². The van der Waals surface area contributed by atoms with E-state index in [9.17, 15) is 15.4 Å². The van der Waals surface area contributed by atoms with Gasteiger partial charge in [0.05, 0.1) is 79.1 Å². The van der Waals surface area contributed by atoms with Gasteiger partial charge in [-0.05, 0) is 87.0 Å². The van der Waals surface area contributed by atoms with Crippen LogP contribution in [0.25, 0.3) is 21.6 Å². The highest BCUT2D eigenvalue weighted by atomic mass is 31.2. The van der Waals surface area contributed by atoms with Gasteiger partial charge in [-0.15, -0.1) is 0 Å². The van der Waals surface area contributed by atoms with Gasteiger partial charge in [0.1, 0.15) is 55.0 Å². The smallest absolute Gasteiger partial charge is 0.475 e. The number of methoxy groups -OCH3 is 1. The molecular formula is C87H115N4O19P. The molecule has 6 aromatic rings. The molecule has 24 heteroatoms. The Kier molecular flexibility index (Phi) is 36.5. The number of carbonyl (C=O) groups excluding carboxylic acids is 3. The summed E-state index contributed by atoms with van der Waals surface area (Å²) in [5.41, 5.74) is 17.7. The molecule has 0 aromatic heterocycles. The molecule has 602 valence electrons. The van der Waals surface area contributed by atoms with Gasteiger partial charge in [0.15, 0.2) is 18.7 Å². The molecule has 2 fully saturated rings. The number of phosphoric acid groups is 1. The lowest BCUT2D eigenvalue weighted by molar-refractivity contribution is -0.308. The van der Waals surface area contributed by atoms with Crippen LogP contribution in [0.1, 0.15) is 206 Å². The highest BCUT2D eigenvalue weighted by Gasteiger charge is 2.55. The zero-order valence-corrected chi connectivity index (χ0v) is 65.8. The van der Waals surface area contributed by atoms with Gasteiger partial charge in [-0.3, -0.25) is 23.2 Å². The summed E-state index contributed by atoms with van der Waals surface area (Å²) < 4.78 is 105. The molecule has 23 nitrogen and oxygen atoms in total. The van der Waals surface area contributed by atoms with Crippen LogP contribution in [0.4, 0.5) is 4.79 Å². The van der Waals surface area contributed by atoms with E-state index in [1.165, 1.54) is 57.8 Å². The van der Waals surface area contributed by atoms with Gasteiger partial charge >= 0.3 is 25.9 Å². The highest BCUT2D eigenvalue weighted by Crippen LogP contribution is 2.55. The second-order valence-electron chi connectivity index (χ2n) is 29.1. The fraction of sp³-hybridized carbons (Fsp3) is 0.552. The first kappa shape index (κ1) is 85.8. The predicted molar refractivity (Wildman–Crippen MR) is 420 cm³/mol. The molecule has 11 atom stereocenters. The molecule has 0 saturated carbocycles. The van der Waals surface area contributed by atoms with E-state index in [1.54, 1.807) is 7.11 Å². The number of amides is 1. The van der Waals surface area contributed by atoms with E-state index in [-0.39, 0.29) is 71.8 Å². The third-order valence-electron chi connectivity index (χ3n) is 20.8. The third-order valence-corrected chi connectivity index (χ3v) is 22.2. The molecule has 0 radical (unpaired) electrons. The van der Waals surface area contributed by atoms with Crippen LogP contribution in [-0.4, -0.2) is 131 Å². The number of aliphatic hydroxyl groups is 1. The first-order valence-electron chi connectivity index (χ1n) is 40.3. The van der Waals surface area contributed by atoms with Crippen molar-refractivity contribution in [3.8, 4) is 16.9 Å². The number of fused-ring (bicyclic) bond motifs is 4. The van der Waals surface area contributed by atoms with Crippen LogP contribution in [-0.2, 0) is 108 Å². The van der Waals surface area contributed by atoms with Crippen molar-refractivity contribution >= 4 is 25.9 Å². The summed E-state index contributed by atoms with van der Waals surface area (Å²) >= 11 is 0. The zero-order chi connectivity index (χ0) is 77.7. The van der Waals surface area contributed by atoms with E-state index in [4.69, 9.17) is 65.7 Å². The maximum Gasteiger partial charge on any atom is 0.475 e. The number of phosphoric ester groups is 1. The van der Waals surface area contributed by atoms with Gasteiger partial charge in [-0.25, -0.2) is 9.36 Å². The minimum Gasteiger partial charge on any atom is -0.497 e. The topological polar surface area (TPSA) is 279 Å². The zero-order valence-electron chi connectivity index (χ0n) is 64.9. The molecule has 1 amide bonds. The second kappa shape index (κ2) is 47.2. The number of ether oxygens (including phenoxy) is 11. The van der Waals surface area contributed by atoms with Gasteiger partial charge in [0, 0.05) is 17.3 Å². The number of rotatable bonds is 49. The lowest BCUT2D eigenvalue weighted by Crippen LogP contribution is -2.67. The number of nitrogens with zero attached hydrogens (tertiary/aromatic N) is 3. The van der Waals surface area contributed by atoms with Crippen LogP contribution in [0, 0.1) is 0 Å². The fourth-order valence-corrected chi connectivity index (χ4v) is 16.1. The molecule has 0 bridgehead atoms. The Hall–Kier alpha value is -7.57. The standard InChI is InChI=1S/C87H115N4O19P/c1-4-6-8-10-12-14-15-17-19-21-29-47-77(92)106-69(42-28-20-18-16-13-11-9-7-5-2)54-78(93)109-84-80(89-87(95)103-60-74-72-45-34-32-43-70(72)71-44-33-35-46-73(71)74)86(107-75(61-99-56-63-36-24-22-25-37-63)83(84)110-111(96)104-58-66-40-30-31-41-67(66)59-105-111)102-62-76-82(101-57-64-38-26-23-27-39-64)81(94)79(90-91-88)85(108-76)100-53-52-98-55-65-48-50-68(97-3)51-49-65/h22-27,30-41,43-46,48-51,69,74-76,79-86,94H,4-21,28-29,42,47,52-62H2,1-3H3,(H,89,95)/t69?,75-,76-,79-,80-,81-,82-,83-,84-,85+,86-/m1/s1. The maximum atomic E-state index is 15.6. The van der Waals surface area contributed by atoms with Crippen molar-refractivity contribution in [3.63, 3.8) is 0 Å². The molecule has 3 aliphatic heterocycles. The first-order chi connectivity index (χ1) is 54.4. The number of esters is 2. The summed E-state index contributed by atoms with van der Waals surface area (Å²) in [6.07, 6.45) is 7.76. The highest BCUT2D eigenvalue weighted by molar-refractivity contribution is 7.48. The van der Waals surface area contributed by atoms with E-state index in [0.717, 1.165) is 96.7 Å². The van der Waals surface area contributed by atoms with Crippen LogP contribution in [0.2, 0.25) is 0 Å². The monoisotopic (exact) mass is 1550 g/mol. The Morgan fingerprint density at radius 2 is 1.09 bits per heavy atom. The van der Waals surface area contributed by atoms with Gasteiger partial charge in [-0.1, -0.05) is 280 Å². The lowest BCUT2D eigenvalue weighted by atomic mass is 9.95. The number of aliphatic hydroxyl groups excluding tert-OH is 1. The minimum absolute atomic E-state index is 0.0377. The molecule has 3 heterocycles. The van der Waals surface area contributed by atoms with E-state index < -0.39 is 106 Å². The van der Waals surface area contributed by atoms with Crippen molar-refractivity contribution in [1.29, 1.82) is 0 Å². The molecule has 2 saturated heterocycles. The van der Waals surface area contributed by atoms with Crippen LogP contribution >= 0.6 is 7.82 Å². The SMILES string of the molecule is CCCCCCCCCCCCCC(=O)OC(CCCCCCCCCCC)CC(=O)O[C@@H]1[C@@H](NC(=O)OCC2c3ccccc3-c3ccccc32)[C@H](OC[C@H]2O[C@H](OCCOCc3ccc(OC)cc3)[C@H](N=[N+]=[N-])[C@@H](O)[C@@H]2OCc2ccccc2)O[C@H](COCc2ccccc2)[C@H]1OP1(=O)OCc2ccccc2CO1. The molecular weight excluding hydrogens is 1440 g/mol. The Morgan fingerprint density at radius 1 is 0.559 bits per heavy atom. The normalized spacial score (nSPS) is 21.5. The Bertz CT molecular complexity index is 3740. The van der Waals surface area contributed by atoms with Crippen LogP contribution in [0.5, 0.6) is 5.75 Å². The summed E-state index contributed by atoms with van der Waals surface area (Å²) in [4.78, 5) is 47.9. The summed E-state index contributed by atoms with van der Waals surface area (Å²) in [6, 6.07) is 46.2. The number of azide groups is 1. The number of nitrogens with one attached hydrogen (secondary N) is 1. The number of unbranched alkanes of at least 4 members (excludes halogenated alkanes) is 18. The number of hydrogen-bond donors (Lipinski definition) is 2. The fourth-order valence-electron chi connectivity index (χ4n) is 14.7. The summed E-state index contributed by atoms with van der Waals surface area (Å²) in [5, 5.41) is 19.4. The van der Waals surface area contributed by atoms with Crippen molar-refractivity contribution in [2.45, 2.75) is 268 Å². The molecule has 4 aliphatic rings. The summed E-state index contributed by atoms with van der Waals surface area (Å²) in [7, 11) is -3.15. The minimum atomic E-state index is -4.74. The average Bonchev–Trinajstić information content (AvgIpc) is 0.810. The quantitative estimate of drug-likeness (QED) is 0.00683. The van der Waals surface area contributed by atoms with Crippen LogP contribution in [0.15, 0.2) is 163 Å². The van der Waals surface area contributed by atoms with E-state index in [0.29, 0.717) is 36.1 Å². The molecule has 10 rings (SSSR count). The van der Waals surface area contributed by atoms with E-state index in [2.05, 4.69) is 29.2 Å². The first-order valence-corrected chi connectivity index (χ1v) is 41.8. The third kappa shape index (κ3) is 27.3. The van der Waals surface area contributed by atoms with E-state index in [1.807, 2.05) is 158 Å². The van der Waals surface area contributed by atoms with Crippen molar-refractivity contribution in [1.82, 2.24) is 5.32 Å². The molecule has 1 aliphatic carbocycles. The molecule has 111 heavy (non-hydrogen) atoms. The predicted octanol–water partition coefficient (Wildman–Crippen LogP) is 18.5. The molecule has 2 N–H and O–H groups in total. The van der Waals surface area contributed by atoms with Crippen LogP contribution in [0.3, 0.4) is 0 Å². The van der Waals surface area contributed by atoms with Gasteiger partial charge in [0.2, 0.25) is 0 Å². The van der Waals surface area contributed by atoms with Gasteiger partial charge in [-0.2, -0.15) is 0 Å². The molecule has 6 aromatic carbocycles. The molecule has 1 unspecified atom stereocenters. The summed E-state index contributed by atoms with van der Waals surface area (Å²) in [6.45, 7) is 3.28. The van der Waals surface area contributed by atoms with Crippen LogP contribution < -0.4 is 10.1 Å². The molecule has 0 spiro atoms. The van der Waals surface area contributed by atoms with E-state index >= 15 is 14.2 Å². The largest absolute Gasteiger partial charge is 0.497 e. The number of alkyl carbamates (subject to hydrolysis) is 1.